The van der Waals surface area contributed by atoms with Gasteiger partial charge in [-0.2, -0.15) is 0 Å². The van der Waals surface area contributed by atoms with Crippen molar-refractivity contribution in [3.05, 3.63) is 81.0 Å². The molecule has 1 amide bonds. The number of carbonyl (C=O) groups is 1. The van der Waals surface area contributed by atoms with Gasteiger partial charge >= 0.3 is 0 Å². The molecule has 0 saturated carbocycles. The van der Waals surface area contributed by atoms with E-state index in [1.54, 1.807) is 4.90 Å². The number of halogens is 1. The van der Waals surface area contributed by atoms with Crippen LogP contribution in [0.25, 0.3) is 11.0 Å². The molecule has 5 rings (SSSR count). The van der Waals surface area contributed by atoms with Gasteiger partial charge < -0.3 is 14.1 Å². The zero-order valence-corrected chi connectivity index (χ0v) is 17.3. The van der Waals surface area contributed by atoms with E-state index in [0.29, 0.717) is 26.3 Å². The largest absolute Gasteiger partial charge is 0.450 e. The molecule has 0 spiro atoms. The third kappa shape index (κ3) is 3.54. The molecule has 160 valence electrons. The van der Waals surface area contributed by atoms with Crippen molar-refractivity contribution in [3.8, 4) is 0 Å². The number of nitrogens with zero attached hydrogens (tertiary/aromatic N) is 2. The fraction of sp³-hybridized carbons (Fsp3) is 0.333. The molecule has 6 nitrogen and oxygen atoms in total. The van der Waals surface area contributed by atoms with Crippen molar-refractivity contribution in [1.29, 1.82) is 0 Å². The zero-order valence-electron chi connectivity index (χ0n) is 17.3. The molecule has 1 aromatic heterocycles. The Labute approximate surface area is 178 Å². The van der Waals surface area contributed by atoms with Crippen LogP contribution in [0.15, 0.2) is 51.7 Å². The van der Waals surface area contributed by atoms with Gasteiger partial charge in [0.2, 0.25) is 5.76 Å². The summed E-state index contributed by atoms with van der Waals surface area (Å²) in [4.78, 5) is 30.7. The van der Waals surface area contributed by atoms with Crippen molar-refractivity contribution < 1.29 is 18.3 Å². The van der Waals surface area contributed by atoms with E-state index in [4.69, 9.17) is 9.15 Å². The predicted molar refractivity (Wildman–Crippen MR) is 114 cm³/mol. The minimum Gasteiger partial charge on any atom is -0.450 e. The summed E-state index contributed by atoms with van der Waals surface area (Å²) in [7, 11) is 0. The van der Waals surface area contributed by atoms with E-state index < -0.39 is 11.9 Å². The zero-order chi connectivity index (χ0) is 21.5. The summed E-state index contributed by atoms with van der Waals surface area (Å²) in [5.74, 6) is -0.769. The normalized spacial score (nSPS) is 19.2. The molecule has 3 aromatic rings. The van der Waals surface area contributed by atoms with Gasteiger partial charge in [0.05, 0.1) is 30.2 Å². The van der Waals surface area contributed by atoms with Gasteiger partial charge in [-0.05, 0) is 30.7 Å². The number of hydrogen-bond donors (Lipinski definition) is 0. The lowest BCUT2D eigenvalue weighted by Gasteiger charge is -2.31. The summed E-state index contributed by atoms with van der Waals surface area (Å²) in [5, 5.41) is 0.152. The Balaban J connectivity index is 1.60. The molecule has 0 unspecified atom stereocenters. The van der Waals surface area contributed by atoms with E-state index >= 15 is 0 Å². The van der Waals surface area contributed by atoms with Crippen LogP contribution in [0.5, 0.6) is 0 Å². The van der Waals surface area contributed by atoms with Gasteiger partial charge in [-0.1, -0.05) is 29.8 Å². The number of morpholine rings is 1. The second-order valence-electron chi connectivity index (χ2n) is 8.08. The van der Waals surface area contributed by atoms with Crippen molar-refractivity contribution in [2.24, 2.45) is 0 Å². The lowest BCUT2D eigenvalue weighted by molar-refractivity contribution is 0.0314. The second kappa shape index (κ2) is 7.90. The molecular formula is C24H23FN2O4. The summed E-state index contributed by atoms with van der Waals surface area (Å²) < 4.78 is 25.1. The maximum Gasteiger partial charge on any atom is 0.290 e. The highest BCUT2D eigenvalue weighted by Gasteiger charge is 2.42. The van der Waals surface area contributed by atoms with Gasteiger partial charge in [-0.3, -0.25) is 14.5 Å². The highest BCUT2D eigenvalue weighted by atomic mass is 19.1. The van der Waals surface area contributed by atoms with E-state index in [9.17, 15) is 14.0 Å². The van der Waals surface area contributed by atoms with Crippen LogP contribution >= 0.6 is 0 Å². The highest BCUT2D eigenvalue weighted by Crippen LogP contribution is 2.38. The van der Waals surface area contributed by atoms with Crippen molar-refractivity contribution in [3.63, 3.8) is 0 Å². The Kier molecular flexibility index (Phi) is 5.08. The molecule has 3 heterocycles. The Morgan fingerprint density at radius 2 is 1.77 bits per heavy atom. The molecular weight excluding hydrogens is 399 g/mol. The van der Waals surface area contributed by atoms with Crippen LogP contribution < -0.4 is 5.43 Å². The number of hydrogen-bond acceptors (Lipinski definition) is 5. The predicted octanol–water partition coefficient (Wildman–Crippen LogP) is 3.12. The number of carbonyl (C=O) groups excluding carboxylic acids is 1. The molecule has 2 aromatic carbocycles. The molecule has 31 heavy (non-hydrogen) atoms. The van der Waals surface area contributed by atoms with Gasteiger partial charge in [0.25, 0.3) is 5.91 Å². The number of fused-ring (bicyclic) bond motifs is 2. The van der Waals surface area contributed by atoms with Crippen molar-refractivity contribution in [1.82, 2.24) is 9.80 Å². The molecule has 0 bridgehead atoms. The Morgan fingerprint density at radius 3 is 2.52 bits per heavy atom. The Hall–Kier alpha value is -3.03. The first-order valence-corrected chi connectivity index (χ1v) is 10.5. The van der Waals surface area contributed by atoms with Crippen molar-refractivity contribution in [2.75, 3.05) is 39.4 Å². The Morgan fingerprint density at radius 1 is 1.03 bits per heavy atom. The van der Waals surface area contributed by atoms with Gasteiger partial charge in [0.15, 0.2) is 5.43 Å². The summed E-state index contributed by atoms with van der Waals surface area (Å²) >= 11 is 0. The maximum atomic E-state index is 13.8. The SMILES string of the molecule is Cc1ccc([C@@H]2c3c(oc4ccc(F)cc4c3=O)C(=O)N2CCN2CCOCC2)cc1. The lowest BCUT2D eigenvalue weighted by Crippen LogP contribution is -2.42. The second-order valence-corrected chi connectivity index (χ2v) is 8.08. The lowest BCUT2D eigenvalue weighted by atomic mass is 9.97. The van der Waals surface area contributed by atoms with E-state index in [0.717, 1.165) is 24.2 Å². The summed E-state index contributed by atoms with van der Waals surface area (Å²) in [6.07, 6.45) is 0. The van der Waals surface area contributed by atoms with Crippen LogP contribution in [0, 0.1) is 12.7 Å². The minimum absolute atomic E-state index is 0.0525. The monoisotopic (exact) mass is 422 g/mol. The average Bonchev–Trinajstić information content (AvgIpc) is 3.06. The van der Waals surface area contributed by atoms with Gasteiger partial charge in [0.1, 0.15) is 11.4 Å². The first kappa shape index (κ1) is 19.9. The van der Waals surface area contributed by atoms with Crippen LogP contribution in [0.3, 0.4) is 0 Å². The third-order valence-corrected chi connectivity index (χ3v) is 6.08. The number of aryl methyl sites for hydroxylation is 1. The molecule has 0 aliphatic carbocycles. The summed E-state index contributed by atoms with van der Waals surface area (Å²) in [5.41, 5.74) is 2.07. The molecule has 1 atom stereocenters. The van der Waals surface area contributed by atoms with Gasteiger partial charge in [-0.15, -0.1) is 0 Å². The summed E-state index contributed by atoms with van der Waals surface area (Å²) in [6.45, 7) is 6.08. The van der Waals surface area contributed by atoms with Gasteiger partial charge in [-0.25, -0.2) is 4.39 Å². The smallest absolute Gasteiger partial charge is 0.290 e. The van der Waals surface area contributed by atoms with Crippen LogP contribution in [0.2, 0.25) is 0 Å². The fourth-order valence-corrected chi connectivity index (χ4v) is 4.39. The molecule has 0 N–H and O–H groups in total. The summed E-state index contributed by atoms with van der Waals surface area (Å²) in [6, 6.07) is 11.0. The number of benzene rings is 2. The topological polar surface area (TPSA) is 63.0 Å². The van der Waals surface area contributed by atoms with Gasteiger partial charge in [0, 0.05) is 26.2 Å². The van der Waals surface area contributed by atoms with E-state index in [1.807, 2.05) is 31.2 Å². The number of rotatable bonds is 4. The van der Waals surface area contributed by atoms with Crippen LogP contribution in [-0.4, -0.2) is 55.1 Å². The minimum atomic E-state index is -0.562. The molecule has 2 aliphatic heterocycles. The molecule has 2 aliphatic rings. The quantitative estimate of drug-likeness (QED) is 0.647. The van der Waals surface area contributed by atoms with Crippen molar-refractivity contribution >= 4 is 16.9 Å². The maximum absolute atomic E-state index is 13.8. The highest BCUT2D eigenvalue weighted by molar-refractivity contribution is 5.99. The fourth-order valence-electron chi connectivity index (χ4n) is 4.39. The average molecular weight is 422 g/mol. The van der Waals surface area contributed by atoms with Crippen LogP contribution in [0.4, 0.5) is 4.39 Å². The van der Waals surface area contributed by atoms with Crippen LogP contribution in [0.1, 0.15) is 33.3 Å². The number of amides is 1. The standard InChI is InChI=1S/C24H23FN2O4/c1-15-2-4-16(5-3-15)21-20-22(28)18-14-17(25)6-7-19(18)31-23(20)24(29)27(21)9-8-26-10-12-30-13-11-26/h2-7,14,21H,8-13H2,1H3/t21-/m1/s1. The first-order valence-electron chi connectivity index (χ1n) is 10.5. The van der Waals surface area contributed by atoms with E-state index in [-0.39, 0.29) is 33.6 Å². The molecule has 1 fully saturated rings. The van der Waals surface area contributed by atoms with Crippen LogP contribution in [-0.2, 0) is 4.74 Å². The third-order valence-electron chi connectivity index (χ3n) is 6.08. The van der Waals surface area contributed by atoms with Crippen molar-refractivity contribution in [2.45, 2.75) is 13.0 Å². The molecule has 0 radical (unpaired) electrons. The first-order chi connectivity index (χ1) is 15.0. The molecule has 7 heteroatoms. The van der Waals surface area contributed by atoms with E-state index in [1.165, 1.54) is 18.2 Å². The Bertz CT molecular complexity index is 1200. The van der Waals surface area contributed by atoms with E-state index in [2.05, 4.69) is 4.90 Å². The molecule has 1 saturated heterocycles. The number of ether oxygens (including phenoxy) is 1.